The van der Waals surface area contributed by atoms with Gasteiger partial charge in [0, 0.05) is 22.1 Å². The molecular weight excluding hydrogens is 621 g/mol. The van der Waals surface area contributed by atoms with Crippen LogP contribution in [0.5, 0.6) is 0 Å². The maximum absolute atomic E-state index is 9.56. The predicted molar refractivity (Wildman–Crippen MR) is 207 cm³/mol. The summed E-state index contributed by atoms with van der Waals surface area (Å²) >= 11 is 0. The molecule has 0 spiro atoms. The lowest BCUT2D eigenvalue weighted by atomic mass is 9.81. The average molecular weight is 653 g/mol. The topological polar surface area (TPSA) is 62.5 Å². The Labute approximate surface area is 297 Å². The Morgan fingerprint density at radius 2 is 0.824 bits per heavy atom. The molecule has 9 rings (SSSR count). The lowest BCUT2D eigenvalue weighted by molar-refractivity contribution is 0.660. The predicted octanol–water partition coefficient (Wildman–Crippen LogP) is 11.5. The van der Waals surface area contributed by atoms with Gasteiger partial charge in [-0.1, -0.05) is 153 Å². The number of hydrogen-bond donors (Lipinski definition) is 0. The van der Waals surface area contributed by atoms with Crippen LogP contribution in [0.2, 0.25) is 0 Å². The van der Waals surface area contributed by atoms with Crippen LogP contribution in [-0.2, 0) is 5.41 Å². The smallest absolute Gasteiger partial charge is 0.164 e. The highest BCUT2D eigenvalue weighted by molar-refractivity contribution is 6.05. The molecule has 240 valence electrons. The Bertz CT molecular complexity index is 2600. The standard InChI is InChI=1S/C47H32N4/c1-47(2)42-27-30(29-48)17-23-40(42)41-24-22-35(28-43(41)47)37-26-25-36(38-15-9-10-16-39(37)38)31-18-20-34(21-19-31)46-50-44(32-11-5-3-6-12-32)49-45(51-46)33-13-7-4-8-14-33/h3-28H,1-2H3. The van der Waals surface area contributed by atoms with Crippen LogP contribution in [0.15, 0.2) is 158 Å². The Morgan fingerprint density at radius 3 is 1.37 bits per heavy atom. The summed E-state index contributed by atoms with van der Waals surface area (Å²) in [4.78, 5) is 14.7. The number of nitriles is 1. The first-order valence-corrected chi connectivity index (χ1v) is 17.2. The van der Waals surface area contributed by atoms with E-state index in [4.69, 9.17) is 15.0 Å². The molecule has 0 bridgehead atoms. The largest absolute Gasteiger partial charge is 0.208 e. The van der Waals surface area contributed by atoms with Gasteiger partial charge in [-0.25, -0.2) is 15.0 Å². The minimum absolute atomic E-state index is 0.201. The highest BCUT2D eigenvalue weighted by Crippen LogP contribution is 2.50. The van der Waals surface area contributed by atoms with Gasteiger partial charge in [-0.2, -0.15) is 5.26 Å². The number of benzene rings is 7. The third-order valence-corrected chi connectivity index (χ3v) is 10.2. The van der Waals surface area contributed by atoms with Crippen molar-refractivity contribution in [2.24, 2.45) is 0 Å². The van der Waals surface area contributed by atoms with E-state index < -0.39 is 0 Å². The lowest BCUT2D eigenvalue weighted by Crippen LogP contribution is -2.15. The normalized spacial score (nSPS) is 12.6. The second-order valence-corrected chi connectivity index (χ2v) is 13.6. The zero-order chi connectivity index (χ0) is 34.5. The van der Waals surface area contributed by atoms with E-state index in [0.29, 0.717) is 23.0 Å². The average Bonchev–Trinajstić information content (AvgIpc) is 3.42. The molecule has 4 heteroatoms. The van der Waals surface area contributed by atoms with Crippen molar-refractivity contribution < 1.29 is 0 Å². The molecular formula is C47H32N4. The maximum Gasteiger partial charge on any atom is 0.164 e. The Hall–Kier alpha value is -6.70. The summed E-state index contributed by atoms with van der Waals surface area (Å²) in [5.74, 6) is 1.94. The number of rotatable bonds is 5. The van der Waals surface area contributed by atoms with Gasteiger partial charge in [0.05, 0.1) is 11.6 Å². The molecule has 1 heterocycles. The van der Waals surface area contributed by atoms with Crippen LogP contribution in [0.3, 0.4) is 0 Å². The van der Waals surface area contributed by atoms with Gasteiger partial charge in [-0.15, -0.1) is 0 Å². The second kappa shape index (κ2) is 12.0. The summed E-state index contributed by atoms with van der Waals surface area (Å²) in [7, 11) is 0. The minimum Gasteiger partial charge on any atom is -0.208 e. The van der Waals surface area contributed by atoms with Gasteiger partial charge >= 0.3 is 0 Å². The summed E-state index contributed by atoms with van der Waals surface area (Å²) in [5.41, 5.74) is 13.0. The zero-order valence-corrected chi connectivity index (χ0v) is 28.3. The van der Waals surface area contributed by atoms with E-state index in [1.165, 1.54) is 49.7 Å². The van der Waals surface area contributed by atoms with Crippen molar-refractivity contribution in [2.45, 2.75) is 19.3 Å². The first-order chi connectivity index (χ1) is 25.0. The molecule has 0 amide bonds. The molecule has 1 aromatic heterocycles. The third-order valence-electron chi connectivity index (χ3n) is 10.2. The monoisotopic (exact) mass is 652 g/mol. The van der Waals surface area contributed by atoms with E-state index in [9.17, 15) is 5.26 Å². The van der Waals surface area contributed by atoms with E-state index in [2.05, 4.69) is 111 Å². The van der Waals surface area contributed by atoms with Crippen LogP contribution < -0.4 is 0 Å². The highest BCUT2D eigenvalue weighted by atomic mass is 15.0. The summed E-state index contributed by atoms with van der Waals surface area (Å²) < 4.78 is 0. The van der Waals surface area contributed by atoms with Crippen molar-refractivity contribution in [2.75, 3.05) is 0 Å². The van der Waals surface area contributed by atoms with Gasteiger partial charge in [0.25, 0.3) is 0 Å². The number of aromatic nitrogens is 3. The van der Waals surface area contributed by atoms with Gasteiger partial charge in [-0.3, -0.25) is 0 Å². The molecule has 0 fully saturated rings. The van der Waals surface area contributed by atoms with Crippen molar-refractivity contribution in [3.05, 3.63) is 174 Å². The molecule has 0 N–H and O–H groups in total. The molecule has 4 nitrogen and oxygen atoms in total. The second-order valence-electron chi connectivity index (χ2n) is 13.6. The molecule has 8 aromatic rings. The van der Waals surface area contributed by atoms with Crippen molar-refractivity contribution >= 4 is 10.8 Å². The van der Waals surface area contributed by atoms with Gasteiger partial charge in [0.15, 0.2) is 17.5 Å². The SMILES string of the molecule is CC1(C)c2cc(C#N)ccc2-c2ccc(-c3ccc(-c4ccc(-c5nc(-c6ccccc6)nc(-c6ccccc6)n5)cc4)c4ccccc34)cc21. The fraction of sp³-hybridized carbons (Fsp3) is 0.0638. The fourth-order valence-electron chi connectivity index (χ4n) is 7.51. The summed E-state index contributed by atoms with van der Waals surface area (Å²) in [5, 5.41) is 12.0. The van der Waals surface area contributed by atoms with Crippen LogP contribution in [0, 0.1) is 11.3 Å². The first-order valence-electron chi connectivity index (χ1n) is 17.2. The highest BCUT2D eigenvalue weighted by Gasteiger charge is 2.36. The Balaban J connectivity index is 1.10. The maximum atomic E-state index is 9.56. The molecule has 51 heavy (non-hydrogen) atoms. The van der Waals surface area contributed by atoms with Gasteiger partial charge < -0.3 is 0 Å². The molecule has 0 saturated heterocycles. The third kappa shape index (κ3) is 5.19. The van der Waals surface area contributed by atoms with Gasteiger partial charge in [0.2, 0.25) is 0 Å². The van der Waals surface area contributed by atoms with E-state index >= 15 is 0 Å². The number of fused-ring (bicyclic) bond motifs is 4. The molecule has 0 aliphatic heterocycles. The van der Waals surface area contributed by atoms with E-state index in [1.54, 1.807) is 0 Å². The van der Waals surface area contributed by atoms with Crippen LogP contribution >= 0.6 is 0 Å². The summed E-state index contributed by atoms with van der Waals surface area (Å²) in [6.07, 6.45) is 0. The first kappa shape index (κ1) is 30.4. The number of hydrogen-bond acceptors (Lipinski definition) is 4. The molecule has 0 saturated carbocycles. The van der Waals surface area contributed by atoms with Gasteiger partial charge in [0.1, 0.15) is 0 Å². The Kier molecular flexibility index (Phi) is 7.15. The number of nitrogens with zero attached hydrogens (tertiary/aromatic N) is 4. The summed E-state index contributed by atoms with van der Waals surface area (Å²) in [6, 6.07) is 57.0. The fourth-order valence-corrected chi connectivity index (χ4v) is 7.51. The molecule has 7 aromatic carbocycles. The van der Waals surface area contributed by atoms with Crippen LogP contribution in [-0.4, -0.2) is 15.0 Å². The van der Waals surface area contributed by atoms with Crippen molar-refractivity contribution in [3.8, 4) is 73.6 Å². The minimum atomic E-state index is -0.201. The molecule has 0 unspecified atom stereocenters. The van der Waals surface area contributed by atoms with Crippen LogP contribution in [0.4, 0.5) is 0 Å². The van der Waals surface area contributed by atoms with Gasteiger partial charge in [-0.05, 0) is 73.5 Å². The van der Waals surface area contributed by atoms with Crippen LogP contribution in [0.25, 0.3) is 78.3 Å². The molecule has 1 aliphatic carbocycles. The molecule has 0 atom stereocenters. The quantitative estimate of drug-likeness (QED) is 0.186. The summed E-state index contributed by atoms with van der Waals surface area (Å²) in [6.45, 7) is 4.52. The van der Waals surface area contributed by atoms with E-state index in [0.717, 1.165) is 22.3 Å². The zero-order valence-electron chi connectivity index (χ0n) is 28.3. The van der Waals surface area contributed by atoms with Crippen LogP contribution in [0.1, 0.15) is 30.5 Å². The van der Waals surface area contributed by atoms with Crippen molar-refractivity contribution in [1.82, 2.24) is 15.0 Å². The van der Waals surface area contributed by atoms with Crippen molar-refractivity contribution in [1.29, 1.82) is 5.26 Å². The van der Waals surface area contributed by atoms with E-state index in [-0.39, 0.29) is 5.41 Å². The van der Waals surface area contributed by atoms with Crippen molar-refractivity contribution in [3.63, 3.8) is 0 Å². The van der Waals surface area contributed by atoms with E-state index in [1.807, 2.05) is 66.7 Å². The molecule has 1 aliphatic rings. The molecule has 0 radical (unpaired) electrons. The lowest BCUT2D eigenvalue weighted by Gasteiger charge is -2.22. The Morgan fingerprint density at radius 1 is 0.412 bits per heavy atom.